The van der Waals surface area contributed by atoms with Crippen LogP contribution in [0.15, 0.2) is 0 Å². The summed E-state index contributed by atoms with van der Waals surface area (Å²) < 4.78 is 158. The van der Waals surface area contributed by atoms with E-state index < -0.39 is 60.1 Å². The van der Waals surface area contributed by atoms with Crippen LogP contribution in [0, 0.1) is 0 Å². The zero-order valence-corrected chi connectivity index (χ0v) is 12.5. The third-order valence-corrected chi connectivity index (χ3v) is 10.7. The molecular weight excluding hydrogens is 496 g/mol. The Balaban J connectivity index is 5.72. The van der Waals surface area contributed by atoms with Crippen molar-refractivity contribution in [1.82, 2.24) is 0 Å². The van der Waals surface area contributed by atoms with Crippen LogP contribution < -0.4 is 0 Å². The first-order valence-corrected chi connectivity index (χ1v) is 10.3. The SMILES string of the molecule is FC(F)(F)C(F)([Se][Se]C(F)(C(F)(F)F)C(F)(F)F)C(F)(F)F. The van der Waals surface area contributed by atoms with E-state index in [1.807, 2.05) is 0 Å². The Morgan fingerprint density at radius 1 is 0.318 bits per heavy atom. The molecule has 0 amide bonds. The molecule has 16 heteroatoms. The van der Waals surface area contributed by atoms with Gasteiger partial charge >= 0.3 is 122 Å². The Bertz CT molecular complexity index is 318. The molecule has 0 unspecified atom stereocenters. The summed E-state index contributed by atoms with van der Waals surface area (Å²) in [6, 6.07) is 0. The van der Waals surface area contributed by atoms with Gasteiger partial charge in [-0.2, -0.15) is 0 Å². The van der Waals surface area contributed by atoms with E-state index in [0.717, 1.165) is 0 Å². The number of hydrogen-bond donors (Lipinski definition) is 0. The first kappa shape index (κ1) is 22.1. The van der Waals surface area contributed by atoms with Gasteiger partial charge in [-0.05, 0) is 0 Å². The molecule has 0 aliphatic heterocycles. The van der Waals surface area contributed by atoms with Gasteiger partial charge in [-0.3, -0.25) is 0 Å². The Kier molecular flexibility index (Phi) is 5.87. The second kappa shape index (κ2) is 5.85. The van der Waals surface area contributed by atoms with Crippen LogP contribution in [-0.4, -0.2) is 60.1 Å². The maximum atomic E-state index is 13.0. The fraction of sp³-hybridized carbons (Fsp3) is 1.00. The van der Waals surface area contributed by atoms with Crippen LogP contribution >= 0.6 is 0 Å². The van der Waals surface area contributed by atoms with Crippen LogP contribution in [0.1, 0.15) is 0 Å². The van der Waals surface area contributed by atoms with Crippen LogP contribution in [0.3, 0.4) is 0 Å². The van der Waals surface area contributed by atoms with Crippen molar-refractivity contribution in [2.75, 3.05) is 0 Å². The van der Waals surface area contributed by atoms with E-state index in [0.29, 0.717) is 0 Å². The van der Waals surface area contributed by atoms with E-state index in [9.17, 15) is 61.5 Å². The van der Waals surface area contributed by atoms with Gasteiger partial charge in [0, 0.05) is 0 Å². The number of rotatable bonds is 3. The Hall–Kier alpha value is 0.0590. The van der Waals surface area contributed by atoms with E-state index in [1.54, 1.807) is 0 Å². The third kappa shape index (κ3) is 3.93. The van der Waals surface area contributed by atoms with Crippen LogP contribution in [-0.2, 0) is 0 Å². The molecule has 0 fully saturated rings. The molecule has 0 aliphatic carbocycles. The molecular formula is C6F14Se2. The fourth-order valence-electron chi connectivity index (χ4n) is 0.625. The van der Waals surface area contributed by atoms with Gasteiger partial charge < -0.3 is 0 Å². The summed E-state index contributed by atoms with van der Waals surface area (Å²) in [6.45, 7) is 0. The Labute approximate surface area is 122 Å². The second-order valence-electron chi connectivity index (χ2n) is 3.35. The van der Waals surface area contributed by atoms with Crippen LogP contribution in [0.25, 0.3) is 0 Å². The maximum absolute atomic E-state index is 13.0. The van der Waals surface area contributed by atoms with E-state index in [-0.39, 0.29) is 0 Å². The molecule has 0 rings (SSSR count). The van der Waals surface area contributed by atoms with Gasteiger partial charge in [0.1, 0.15) is 0 Å². The number of halogens is 14. The first-order valence-electron chi connectivity index (χ1n) is 4.22. The van der Waals surface area contributed by atoms with E-state index in [1.165, 1.54) is 0 Å². The molecule has 0 saturated carbocycles. The van der Waals surface area contributed by atoms with Gasteiger partial charge in [0.25, 0.3) is 0 Å². The molecule has 0 nitrogen and oxygen atoms in total. The zero-order valence-electron chi connectivity index (χ0n) is 9.11. The molecule has 134 valence electrons. The Morgan fingerprint density at radius 2 is 0.455 bits per heavy atom. The average molecular weight is 496 g/mol. The molecule has 0 saturated heterocycles. The number of hydrogen-bond acceptors (Lipinski definition) is 0. The molecule has 0 radical (unpaired) electrons. The topological polar surface area (TPSA) is 0 Å². The predicted octanol–water partition coefficient (Wildman–Crippen LogP) is 3.89. The summed E-state index contributed by atoms with van der Waals surface area (Å²) in [6.07, 6.45) is -27.4. The fourth-order valence-corrected chi connectivity index (χ4v) is 8.52. The summed E-state index contributed by atoms with van der Waals surface area (Å²) in [4.78, 5) is 0. The quantitative estimate of drug-likeness (QED) is 0.412. The summed E-state index contributed by atoms with van der Waals surface area (Å²) in [5.41, 5.74) is 0. The van der Waals surface area contributed by atoms with E-state index in [4.69, 9.17) is 0 Å². The molecule has 0 aromatic carbocycles. The van der Waals surface area contributed by atoms with Crippen LogP contribution in [0.5, 0.6) is 0 Å². The van der Waals surface area contributed by atoms with Crippen molar-refractivity contribution in [3.63, 3.8) is 0 Å². The summed E-state index contributed by atoms with van der Waals surface area (Å²) >= 11 is -8.15. The molecule has 22 heavy (non-hydrogen) atoms. The molecule has 0 aromatic heterocycles. The normalized spacial score (nSPS) is 16.1. The molecule has 0 heterocycles. The second-order valence-corrected chi connectivity index (χ2v) is 10.0. The van der Waals surface area contributed by atoms with Crippen molar-refractivity contribution in [3.05, 3.63) is 0 Å². The monoisotopic (exact) mass is 498 g/mol. The van der Waals surface area contributed by atoms with Gasteiger partial charge in [-0.15, -0.1) is 0 Å². The van der Waals surface area contributed by atoms with Gasteiger partial charge in [-0.25, -0.2) is 0 Å². The van der Waals surface area contributed by atoms with Crippen LogP contribution in [0.2, 0.25) is 0 Å². The van der Waals surface area contributed by atoms with Crippen molar-refractivity contribution in [2.45, 2.75) is 33.8 Å². The van der Waals surface area contributed by atoms with Crippen molar-refractivity contribution >= 4 is 26.3 Å². The summed E-state index contributed by atoms with van der Waals surface area (Å²) in [5.74, 6) is 0. The first-order chi connectivity index (χ1) is 9.21. The minimum atomic E-state index is -6.84. The molecule has 0 aromatic rings. The molecule has 0 atom stereocenters. The number of alkyl halides is 14. The van der Waals surface area contributed by atoms with Gasteiger partial charge in [0.2, 0.25) is 0 Å². The Morgan fingerprint density at radius 3 is 0.545 bits per heavy atom. The standard InChI is InChI=1S/C6F14Se2/c7-1(3(9,10)11,4(12,13)14)21-22-2(8,5(15,16)17)6(18,19)20. The predicted molar refractivity (Wildman–Crippen MR) is 43.4 cm³/mol. The van der Waals surface area contributed by atoms with Crippen molar-refractivity contribution in [1.29, 1.82) is 0 Å². The van der Waals surface area contributed by atoms with Crippen molar-refractivity contribution < 1.29 is 61.5 Å². The third-order valence-electron chi connectivity index (χ3n) is 1.73. The summed E-state index contributed by atoms with van der Waals surface area (Å²) in [5, 5.41) is 0. The van der Waals surface area contributed by atoms with E-state index >= 15 is 0 Å². The minimum absolute atomic E-state index is 4.07. The van der Waals surface area contributed by atoms with Gasteiger partial charge in [-0.1, -0.05) is 0 Å². The van der Waals surface area contributed by atoms with Crippen LogP contribution in [0.4, 0.5) is 61.5 Å². The van der Waals surface area contributed by atoms with Crippen molar-refractivity contribution in [2.24, 2.45) is 0 Å². The molecule has 0 aliphatic rings. The average Bonchev–Trinajstić information content (AvgIpc) is 2.18. The molecule has 0 spiro atoms. The molecule has 0 N–H and O–H groups in total. The summed E-state index contributed by atoms with van der Waals surface area (Å²) in [7, 11) is 0. The van der Waals surface area contributed by atoms with Gasteiger partial charge in [0.15, 0.2) is 0 Å². The molecule has 0 bridgehead atoms. The van der Waals surface area contributed by atoms with Crippen molar-refractivity contribution in [3.8, 4) is 0 Å². The van der Waals surface area contributed by atoms with E-state index in [2.05, 4.69) is 0 Å². The zero-order chi connectivity index (χ0) is 18.4. The van der Waals surface area contributed by atoms with Gasteiger partial charge in [0.05, 0.1) is 0 Å².